The summed E-state index contributed by atoms with van der Waals surface area (Å²) < 4.78 is 45.0. The van der Waals surface area contributed by atoms with Crippen LogP contribution >= 0.6 is 11.6 Å². The maximum absolute atomic E-state index is 13.9. The number of benzene rings is 2. The number of amides is 1. The number of aryl methyl sites for hydroxylation is 2. The molecule has 9 nitrogen and oxygen atoms in total. The molecule has 1 amide bonds. The molecular formula is C27H28ClF3N8O. The topological polar surface area (TPSA) is 84.1 Å². The van der Waals surface area contributed by atoms with Crippen LogP contribution < -0.4 is 10.2 Å². The number of aromatic nitrogens is 5. The van der Waals surface area contributed by atoms with Crippen LogP contribution in [0, 0.1) is 13.8 Å². The number of nitrogens with one attached hydrogen (secondary N) is 1. The summed E-state index contributed by atoms with van der Waals surface area (Å²) in [6.45, 7) is 6.15. The minimum absolute atomic E-state index is 0.136. The van der Waals surface area contributed by atoms with Crippen LogP contribution in [0.5, 0.6) is 0 Å². The zero-order chi connectivity index (χ0) is 28.8. The van der Waals surface area contributed by atoms with Crippen molar-refractivity contribution in [2.45, 2.75) is 20.0 Å². The largest absolute Gasteiger partial charge is 0.417 e. The highest BCUT2D eigenvalue weighted by Crippen LogP contribution is 2.41. The SMILES string of the molecule is Cc1ccc(NC(=O)c2cc(N3CCN(C)CC3)c(Cl)c(C(F)(F)F)c2)cc1-n1cc(-c2cnn(C)c2C)nn1. The molecule has 5 rings (SSSR count). The number of piperazine rings is 1. The third kappa shape index (κ3) is 5.41. The molecule has 0 spiro atoms. The van der Waals surface area contributed by atoms with Gasteiger partial charge in [-0.05, 0) is 50.7 Å². The molecule has 3 heterocycles. The van der Waals surface area contributed by atoms with Crippen LogP contribution in [0.15, 0.2) is 42.7 Å². The summed E-state index contributed by atoms with van der Waals surface area (Å²) in [6, 6.07) is 7.39. The Labute approximate surface area is 234 Å². The van der Waals surface area contributed by atoms with E-state index in [-0.39, 0.29) is 11.3 Å². The molecule has 0 unspecified atom stereocenters. The summed E-state index contributed by atoms with van der Waals surface area (Å²) in [5, 5.41) is 15.1. The van der Waals surface area contributed by atoms with E-state index in [0.717, 1.165) is 22.9 Å². The Hall–Kier alpha value is -3.90. The highest BCUT2D eigenvalue weighted by atomic mass is 35.5. The predicted molar refractivity (Wildman–Crippen MR) is 147 cm³/mol. The zero-order valence-electron chi connectivity index (χ0n) is 22.4. The van der Waals surface area contributed by atoms with Crippen molar-refractivity contribution in [1.29, 1.82) is 0 Å². The van der Waals surface area contributed by atoms with Crippen molar-refractivity contribution in [1.82, 2.24) is 29.7 Å². The lowest BCUT2D eigenvalue weighted by atomic mass is 10.1. The lowest BCUT2D eigenvalue weighted by Crippen LogP contribution is -2.44. The van der Waals surface area contributed by atoms with Gasteiger partial charge in [-0.2, -0.15) is 18.3 Å². The molecule has 13 heteroatoms. The minimum Gasteiger partial charge on any atom is -0.368 e. The Morgan fingerprint density at radius 2 is 1.75 bits per heavy atom. The number of carbonyl (C=O) groups is 1. The van der Waals surface area contributed by atoms with E-state index >= 15 is 0 Å². The third-order valence-corrected chi connectivity index (χ3v) is 7.58. The van der Waals surface area contributed by atoms with Crippen molar-refractivity contribution in [2.75, 3.05) is 43.4 Å². The molecule has 0 saturated carbocycles. The summed E-state index contributed by atoms with van der Waals surface area (Å²) >= 11 is 6.24. The molecule has 1 aliphatic heterocycles. The molecular weight excluding hydrogens is 545 g/mol. The number of anilines is 2. The molecule has 0 aliphatic carbocycles. The predicted octanol–water partition coefficient (Wildman–Crippen LogP) is 4.96. The van der Waals surface area contributed by atoms with Crippen LogP contribution in [0.4, 0.5) is 24.5 Å². The quantitative estimate of drug-likeness (QED) is 0.364. The van der Waals surface area contributed by atoms with Crippen LogP contribution in [0.2, 0.25) is 5.02 Å². The Kier molecular flexibility index (Phi) is 7.32. The number of carbonyl (C=O) groups excluding carboxylic acids is 1. The number of rotatable bonds is 5. The molecule has 1 aliphatic rings. The van der Waals surface area contributed by atoms with Crippen molar-refractivity contribution in [3.05, 3.63) is 70.1 Å². The van der Waals surface area contributed by atoms with E-state index in [9.17, 15) is 18.0 Å². The number of hydrogen-bond donors (Lipinski definition) is 1. The van der Waals surface area contributed by atoms with E-state index in [2.05, 4.69) is 25.6 Å². The number of halogens is 4. The summed E-state index contributed by atoms with van der Waals surface area (Å²) in [6.07, 6.45) is -1.25. The van der Waals surface area contributed by atoms with Gasteiger partial charge < -0.3 is 15.1 Å². The van der Waals surface area contributed by atoms with Gasteiger partial charge in [-0.3, -0.25) is 9.48 Å². The van der Waals surface area contributed by atoms with Gasteiger partial charge in [0.2, 0.25) is 0 Å². The first kappa shape index (κ1) is 27.7. The van der Waals surface area contributed by atoms with Crippen LogP contribution in [-0.4, -0.2) is 68.8 Å². The lowest BCUT2D eigenvalue weighted by Gasteiger charge is -2.35. The standard InChI is InChI=1S/C27H28ClF3N8O/c1-16-5-6-19(13-23(16)39-15-22(34-35-39)20-14-32-37(4)17(20)2)33-26(40)18-11-21(27(29,30)31)25(28)24(12-18)38-9-7-36(3)8-10-38/h5-6,11-15H,7-10H2,1-4H3,(H,33,40). The second-order valence-corrected chi connectivity index (χ2v) is 10.3. The fourth-order valence-electron chi connectivity index (χ4n) is 4.62. The van der Waals surface area contributed by atoms with Gasteiger partial charge in [-0.25, -0.2) is 4.68 Å². The smallest absolute Gasteiger partial charge is 0.368 e. The van der Waals surface area contributed by atoms with Gasteiger partial charge >= 0.3 is 6.18 Å². The molecule has 210 valence electrons. The number of alkyl halides is 3. The second kappa shape index (κ2) is 10.6. The van der Waals surface area contributed by atoms with Gasteiger partial charge in [0.15, 0.2) is 0 Å². The van der Waals surface area contributed by atoms with Crippen molar-refractivity contribution >= 4 is 28.9 Å². The monoisotopic (exact) mass is 572 g/mol. The summed E-state index contributed by atoms with van der Waals surface area (Å²) in [5.74, 6) is -0.683. The summed E-state index contributed by atoms with van der Waals surface area (Å²) in [7, 11) is 3.78. The first-order valence-corrected chi connectivity index (χ1v) is 13.0. The summed E-state index contributed by atoms with van der Waals surface area (Å²) in [5.41, 5.74) is 3.34. The van der Waals surface area contributed by atoms with Crippen molar-refractivity contribution in [3.8, 4) is 16.9 Å². The molecule has 4 aromatic rings. The molecule has 1 fully saturated rings. The number of likely N-dealkylation sites (N-methyl/N-ethyl adjacent to an activating group) is 1. The van der Waals surface area contributed by atoms with Gasteiger partial charge in [0, 0.05) is 55.7 Å². The molecule has 0 radical (unpaired) electrons. The first-order chi connectivity index (χ1) is 18.9. The molecule has 0 bridgehead atoms. The van der Waals surface area contributed by atoms with Gasteiger partial charge in [0.05, 0.1) is 34.4 Å². The highest BCUT2D eigenvalue weighted by Gasteiger charge is 2.36. The highest BCUT2D eigenvalue weighted by molar-refractivity contribution is 6.34. The van der Waals surface area contributed by atoms with Crippen LogP contribution in [-0.2, 0) is 13.2 Å². The second-order valence-electron chi connectivity index (χ2n) is 9.92. The van der Waals surface area contributed by atoms with Crippen molar-refractivity contribution in [3.63, 3.8) is 0 Å². The fourth-order valence-corrected chi connectivity index (χ4v) is 4.95. The van der Waals surface area contributed by atoms with Gasteiger partial charge in [-0.1, -0.05) is 22.9 Å². The summed E-state index contributed by atoms with van der Waals surface area (Å²) in [4.78, 5) is 17.1. The molecule has 2 aromatic carbocycles. The van der Waals surface area contributed by atoms with Crippen LogP contribution in [0.1, 0.15) is 27.2 Å². The van der Waals surface area contributed by atoms with E-state index in [0.29, 0.717) is 43.2 Å². The van der Waals surface area contributed by atoms with E-state index in [1.165, 1.54) is 6.07 Å². The normalized spacial score (nSPS) is 14.6. The third-order valence-electron chi connectivity index (χ3n) is 7.18. The molecule has 40 heavy (non-hydrogen) atoms. The van der Waals surface area contributed by atoms with Crippen molar-refractivity contribution < 1.29 is 18.0 Å². The first-order valence-electron chi connectivity index (χ1n) is 12.6. The Morgan fingerprint density at radius 1 is 1.02 bits per heavy atom. The average Bonchev–Trinajstić information content (AvgIpc) is 3.51. The fraction of sp³-hybridized carbons (Fsp3) is 0.333. The number of hydrogen-bond acceptors (Lipinski definition) is 6. The average molecular weight is 573 g/mol. The Bertz CT molecular complexity index is 1570. The van der Waals surface area contributed by atoms with E-state index in [4.69, 9.17) is 11.6 Å². The van der Waals surface area contributed by atoms with E-state index in [1.807, 2.05) is 27.9 Å². The number of nitrogens with zero attached hydrogens (tertiary/aromatic N) is 7. The maximum atomic E-state index is 13.9. The zero-order valence-corrected chi connectivity index (χ0v) is 23.2. The van der Waals surface area contributed by atoms with Gasteiger partial charge in [-0.15, -0.1) is 5.10 Å². The molecule has 1 N–H and O–H groups in total. The minimum atomic E-state index is -4.72. The molecule has 0 atom stereocenters. The van der Waals surface area contributed by atoms with Crippen LogP contribution in [0.3, 0.4) is 0 Å². The molecule has 2 aromatic heterocycles. The lowest BCUT2D eigenvalue weighted by molar-refractivity contribution is -0.137. The van der Waals surface area contributed by atoms with E-state index < -0.39 is 22.7 Å². The van der Waals surface area contributed by atoms with Gasteiger partial charge in [0.1, 0.15) is 5.69 Å². The van der Waals surface area contributed by atoms with Crippen LogP contribution in [0.25, 0.3) is 16.9 Å². The van der Waals surface area contributed by atoms with Gasteiger partial charge in [0.25, 0.3) is 5.91 Å². The molecule has 1 saturated heterocycles. The Morgan fingerprint density at radius 3 is 2.40 bits per heavy atom. The maximum Gasteiger partial charge on any atom is 0.417 e. The van der Waals surface area contributed by atoms with E-state index in [1.54, 1.807) is 44.9 Å². The Balaban J connectivity index is 1.44. The van der Waals surface area contributed by atoms with Crippen molar-refractivity contribution in [2.24, 2.45) is 7.05 Å².